The van der Waals surface area contributed by atoms with Gasteiger partial charge in [0.25, 0.3) is 0 Å². The quantitative estimate of drug-likeness (QED) is 0.675. The first-order valence-electron chi connectivity index (χ1n) is 7.71. The van der Waals surface area contributed by atoms with E-state index in [9.17, 15) is 4.79 Å². The molecule has 0 aromatic rings. The largest absolute Gasteiger partial charge is 0.356 e. The van der Waals surface area contributed by atoms with Crippen molar-refractivity contribution < 1.29 is 4.79 Å². The van der Waals surface area contributed by atoms with Crippen molar-refractivity contribution in [1.29, 1.82) is 0 Å². The molecule has 0 radical (unpaired) electrons. The van der Waals surface area contributed by atoms with E-state index < -0.39 is 0 Å². The van der Waals surface area contributed by atoms with E-state index in [2.05, 4.69) is 24.2 Å². The van der Waals surface area contributed by atoms with Gasteiger partial charge < -0.3 is 10.2 Å². The van der Waals surface area contributed by atoms with Gasteiger partial charge in [0.15, 0.2) is 0 Å². The normalized spacial score (nSPS) is 17.1. The highest BCUT2D eigenvalue weighted by molar-refractivity contribution is 5.75. The van der Waals surface area contributed by atoms with Crippen LogP contribution in [0.5, 0.6) is 0 Å². The number of amides is 1. The smallest absolute Gasteiger partial charge is 0.219 e. The Balaban J connectivity index is 2.01. The molecule has 1 amide bonds. The molecular formula is C15H30N2O. The highest BCUT2D eigenvalue weighted by Crippen LogP contribution is 2.21. The number of carbonyl (C=O) groups excluding carboxylic acids is 1. The third-order valence-electron chi connectivity index (χ3n) is 3.97. The molecule has 1 aliphatic carbocycles. The zero-order chi connectivity index (χ0) is 13.2. The summed E-state index contributed by atoms with van der Waals surface area (Å²) in [4.78, 5) is 13.9. The Morgan fingerprint density at radius 3 is 2.61 bits per heavy atom. The zero-order valence-corrected chi connectivity index (χ0v) is 12.2. The lowest BCUT2D eigenvalue weighted by molar-refractivity contribution is -0.121. The monoisotopic (exact) mass is 254 g/mol. The van der Waals surface area contributed by atoms with Gasteiger partial charge in [-0.25, -0.2) is 0 Å². The topological polar surface area (TPSA) is 32.3 Å². The van der Waals surface area contributed by atoms with E-state index >= 15 is 0 Å². The lowest BCUT2D eigenvalue weighted by Crippen LogP contribution is -2.35. The lowest BCUT2D eigenvalue weighted by Gasteiger charge is -2.31. The van der Waals surface area contributed by atoms with Gasteiger partial charge in [-0.2, -0.15) is 0 Å². The van der Waals surface area contributed by atoms with Crippen LogP contribution in [-0.4, -0.2) is 37.0 Å². The standard InChI is InChI=1S/C15H30N2O/c1-3-4-11-15(18)16-12-8-13-17(2)14-9-6-5-7-10-14/h14H,3-13H2,1-2H3,(H,16,18). The van der Waals surface area contributed by atoms with Crippen LogP contribution in [0, 0.1) is 0 Å². The van der Waals surface area contributed by atoms with E-state index in [1.165, 1.54) is 32.1 Å². The van der Waals surface area contributed by atoms with E-state index in [1.54, 1.807) is 0 Å². The van der Waals surface area contributed by atoms with Crippen LogP contribution >= 0.6 is 0 Å². The number of unbranched alkanes of at least 4 members (excludes halogenated alkanes) is 1. The number of carbonyl (C=O) groups is 1. The van der Waals surface area contributed by atoms with E-state index in [4.69, 9.17) is 0 Å². The fourth-order valence-electron chi connectivity index (χ4n) is 2.69. The number of nitrogens with one attached hydrogen (secondary N) is 1. The summed E-state index contributed by atoms with van der Waals surface area (Å²) in [5, 5.41) is 3.01. The van der Waals surface area contributed by atoms with E-state index in [0.717, 1.165) is 38.4 Å². The Hall–Kier alpha value is -0.570. The fourth-order valence-corrected chi connectivity index (χ4v) is 2.69. The van der Waals surface area contributed by atoms with Crippen molar-refractivity contribution in [3.8, 4) is 0 Å². The van der Waals surface area contributed by atoms with Crippen molar-refractivity contribution in [2.75, 3.05) is 20.1 Å². The lowest BCUT2D eigenvalue weighted by atomic mass is 9.94. The first-order valence-corrected chi connectivity index (χ1v) is 7.71. The molecule has 1 aliphatic rings. The summed E-state index contributed by atoms with van der Waals surface area (Å²) in [6.07, 6.45) is 10.8. The average molecular weight is 254 g/mol. The zero-order valence-electron chi connectivity index (χ0n) is 12.2. The van der Waals surface area contributed by atoms with Crippen molar-refractivity contribution in [3.05, 3.63) is 0 Å². The molecule has 1 fully saturated rings. The minimum absolute atomic E-state index is 0.220. The Kier molecular flexibility index (Phi) is 8.06. The van der Waals surface area contributed by atoms with Crippen molar-refractivity contribution >= 4 is 5.91 Å². The van der Waals surface area contributed by atoms with E-state index in [-0.39, 0.29) is 5.91 Å². The van der Waals surface area contributed by atoms with E-state index in [1.807, 2.05) is 0 Å². The summed E-state index contributed by atoms with van der Waals surface area (Å²) in [7, 11) is 2.23. The molecule has 3 nitrogen and oxygen atoms in total. The highest BCUT2D eigenvalue weighted by atomic mass is 16.1. The van der Waals surface area contributed by atoms with E-state index in [0.29, 0.717) is 6.42 Å². The second kappa shape index (κ2) is 9.37. The molecule has 1 N–H and O–H groups in total. The molecule has 0 aromatic heterocycles. The van der Waals surface area contributed by atoms with Crippen molar-refractivity contribution in [3.63, 3.8) is 0 Å². The SMILES string of the molecule is CCCCC(=O)NCCCN(C)C1CCCCC1. The van der Waals surface area contributed by atoms with Crippen LogP contribution in [0.15, 0.2) is 0 Å². The number of nitrogens with zero attached hydrogens (tertiary/aromatic N) is 1. The third kappa shape index (κ3) is 6.39. The molecule has 0 atom stereocenters. The Morgan fingerprint density at radius 2 is 1.94 bits per heavy atom. The maximum atomic E-state index is 11.4. The van der Waals surface area contributed by atoms with Gasteiger partial charge in [0.05, 0.1) is 0 Å². The van der Waals surface area contributed by atoms with Gasteiger partial charge >= 0.3 is 0 Å². The van der Waals surface area contributed by atoms with Gasteiger partial charge in [0.1, 0.15) is 0 Å². The summed E-state index contributed by atoms with van der Waals surface area (Å²) >= 11 is 0. The van der Waals surface area contributed by atoms with Gasteiger partial charge in [0, 0.05) is 19.0 Å². The van der Waals surface area contributed by atoms with Crippen molar-refractivity contribution in [2.45, 2.75) is 70.8 Å². The predicted octanol–water partition coefficient (Wildman–Crippen LogP) is 2.95. The maximum absolute atomic E-state index is 11.4. The molecule has 1 rings (SSSR count). The molecule has 18 heavy (non-hydrogen) atoms. The van der Waals surface area contributed by atoms with Gasteiger partial charge in [0.2, 0.25) is 5.91 Å². The van der Waals surface area contributed by atoms with Crippen LogP contribution in [0.3, 0.4) is 0 Å². The molecule has 0 aliphatic heterocycles. The molecular weight excluding hydrogens is 224 g/mol. The van der Waals surface area contributed by atoms with Crippen LogP contribution in [0.4, 0.5) is 0 Å². The molecule has 3 heteroatoms. The Bertz CT molecular complexity index is 225. The summed E-state index contributed by atoms with van der Waals surface area (Å²) < 4.78 is 0. The van der Waals surface area contributed by atoms with Gasteiger partial charge in [-0.05, 0) is 39.3 Å². The molecule has 0 unspecified atom stereocenters. The average Bonchev–Trinajstić information content (AvgIpc) is 2.42. The number of hydrogen-bond donors (Lipinski definition) is 1. The number of hydrogen-bond acceptors (Lipinski definition) is 2. The summed E-state index contributed by atoms with van der Waals surface area (Å²) in [5.74, 6) is 0.220. The third-order valence-corrected chi connectivity index (χ3v) is 3.97. The fraction of sp³-hybridized carbons (Fsp3) is 0.933. The minimum Gasteiger partial charge on any atom is -0.356 e. The summed E-state index contributed by atoms with van der Waals surface area (Å²) in [6, 6.07) is 0.787. The van der Waals surface area contributed by atoms with Crippen LogP contribution < -0.4 is 5.32 Å². The Labute approximate surface area is 112 Å². The van der Waals surface area contributed by atoms with Gasteiger partial charge in [-0.15, -0.1) is 0 Å². The van der Waals surface area contributed by atoms with Gasteiger partial charge in [-0.3, -0.25) is 4.79 Å². The molecule has 0 aromatic carbocycles. The maximum Gasteiger partial charge on any atom is 0.219 e. The van der Waals surface area contributed by atoms with Crippen LogP contribution in [0.25, 0.3) is 0 Å². The Morgan fingerprint density at radius 1 is 1.22 bits per heavy atom. The summed E-state index contributed by atoms with van der Waals surface area (Å²) in [6.45, 7) is 4.06. The molecule has 0 saturated heterocycles. The molecule has 0 bridgehead atoms. The molecule has 1 saturated carbocycles. The van der Waals surface area contributed by atoms with Crippen molar-refractivity contribution in [1.82, 2.24) is 10.2 Å². The highest BCUT2D eigenvalue weighted by Gasteiger charge is 2.17. The molecule has 0 spiro atoms. The molecule has 0 heterocycles. The predicted molar refractivity (Wildman–Crippen MR) is 76.7 cm³/mol. The van der Waals surface area contributed by atoms with Gasteiger partial charge in [-0.1, -0.05) is 32.6 Å². The number of rotatable bonds is 8. The molecule has 106 valence electrons. The summed E-state index contributed by atoms with van der Waals surface area (Å²) in [5.41, 5.74) is 0. The second-order valence-electron chi connectivity index (χ2n) is 5.58. The minimum atomic E-state index is 0.220. The first kappa shape index (κ1) is 15.5. The van der Waals surface area contributed by atoms with Crippen LogP contribution in [0.1, 0.15) is 64.7 Å². The van der Waals surface area contributed by atoms with Crippen LogP contribution in [-0.2, 0) is 4.79 Å². The van der Waals surface area contributed by atoms with Crippen molar-refractivity contribution in [2.24, 2.45) is 0 Å². The van der Waals surface area contributed by atoms with Crippen LogP contribution in [0.2, 0.25) is 0 Å². The second-order valence-corrected chi connectivity index (χ2v) is 5.58. The first-order chi connectivity index (χ1) is 8.74.